The number of rotatable bonds is 1. The molecule has 3 heteroatoms. The molecule has 0 radical (unpaired) electrons. The van der Waals surface area contributed by atoms with Gasteiger partial charge >= 0.3 is 0 Å². The second-order valence-corrected chi connectivity index (χ2v) is 4.70. The monoisotopic (exact) mass is 255 g/mol. The van der Waals surface area contributed by atoms with Crippen molar-refractivity contribution in [3.8, 4) is 5.75 Å². The van der Waals surface area contributed by atoms with E-state index >= 15 is 0 Å². The molecule has 0 saturated heterocycles. The van der Waals surface area contributed by atoms with E-state index in [1.54, 1.807) is 0 Å². The van der Waals surface area contributed by atoms with Crippen LogP contribution in [0.4, 0.5) is 0 Å². The molecule has 1 unspecified atom stereocenters. The Kier molecular flexibility index (Phi) is 2.79. The molecule has 0 bridgehead atoms. The number of hydrogen-bond donors (Lipinski definition) is 0. The van der Waals surface area contributed by atoms with E-state index in [0.717, 1.165) is 23.2 Å². The molecule has 0 amide bonds. The highest BCUT2D eigenvalue weighted by atomic mass is 79.9. The molecule has 2 nitrogen and oxygen atoms in total. The van der Waals surface area contributed by atoms with E-state index in [2.05, 4.69) is 41.0 Å². The first kappa shape index (κ1) is 9.99. The maximum atomic E-state index is 5.71. The van der Waals surface area contributed by atoms with Crippen molar-refractivity contribution in [1.82, 2.24) is 4.90 Å². The van der Waals surface area contributed by atoms with Crippen molar-refractivity contribution in [1.29, 1.82) is 0 Å². The molecule has 0 aromatic heterocycles. The fourth-order valence-corrected chi connectivity index (χ4v) is 2.19. The third kappa shape index (κ3) is 1.79. The minimum Gasteiger partial charge on any atom is -0.492 e. The summed E-state index contributed by atoms with van der Waals surface area (Å²) in [6.45, 7) is 0.788. The molecular formula is C11H14BrNO. The predicted molar refractivity (Wildman–Crippen MR) is 60.8 cm³/mol. The smallest absolute Gasteiger partial charge is 0.123 e. The molecule has 1 heterocycles. The van der Waals surface area contributed by atoms with Gasteiger partial charge in [0.15, 0.2) is 0 Å². The number of halogens is 1. The molecule has 2 rings (SSSR count). The van der Waals surface area contributed by atoms with Crippen molar-refractivity contribution in [2.75, 3.05) is 20.7 Å². The van der Waals surface area contributed by atoms with Gasteiger partial charge in [0, 0.05) is 16.1 Å². The number of hydrogen-bond acceptors (Lipinski definition) is 2. The fourth-order valence-electron chi connectivity index (χ4n) is 1.68. The molecule has 1 aromatic rings. The molecule has 1 aliphatic heterocycles. The lowest BCUT2D eigenvalue weighted by atomic mass is 10.0. The van der Waals surface area contributed by atoms with Crippen LogP contribution >= 0.6 is 15.9 Å². The Labute approximate surface area is 93.0 Å². The highest BCUT2D eigenvalue weighted by molar-refractivity contribution is 9.10. The van der Waals surface area contributed by atoms with Crippen molar-refractivity contribution >= 4 is 15.9 Å². The summed E-state index contributed by atoms with van der Waals surface area (Å²) in [6, 6.07) is 6.60. The summed E-state index contributed by atoms with van der Waals surface area (Å²) in [5.41, 5.74) is 1.29. The van der Waals surface area contributed by atoms with Crippen molar-refractivity contribution in [2.45, 2.75) is 12.5 Å². The lowest BCUT2D eigenvalue weighted by Crippen LogP contribution is -2.38. The molecule has 0 spiro atoms. The van der Waals surface area contributed by atoms with Gasteiger partial charge in [-0.25, -0.2) is 0 Å². The van der Waals surface area contributed by atoms with Crippen molar-refractivity contribution in [3.63, 3.8) is 0 Å². The van der Waals surface area contributed by atoms with Crippen LogP contribution in [0.5, 0.6) is 5.75 Å². The van der Waals surface area contributed by atoms with Crippen LogP contribution in [0.3, 0.4) is 0 Å². The Balaban J connectivity index is 2.29. The van der Waals surface area contributed by atoms with E-state index in [1.807, 2.05) is 12.1 Å². The molecule has 1 aromatic carbocycles. The Bertz CT molecular complexity index is 338. The van der Waals surface area contributed by atoms with Crippen molar-refractivity contribution < 1.29 is 4.74 Å². The zero-order valence-corrected chi connectivity index (χ0v) is 10.0. The van der Waals surface area contributed by atoms with Gasteiger partial charge in [-0.15, -0.1) is 0 Å². The van der Waals surface area contributed by atoms with E-state index in [4.69, 9.17) is 4.74 Å². The third-order valence-electron chi connectivity index (χ3n) is 2.68. The lowest BCUT2D eigenvalue weighted by Gasteiger charge is -2.30. The summed E-state index contributed by atoms with van der Waals surface area (Å²) in [6.07, 6.45) is 1.06. The number of nitrogens with zero attached hydrogens (tertiary/aromatic N) is 1. The average molecular weight is 256 g/mol. The summed E-state index contributed by atoms with van der Waals surface area (Å²) in [7, 11) is 4.19. The summed E-state index contributed by atoms with van der Waals surface area (Å²) in [5, 5.41) is 0. The maximum absolute atomic E-state index is 5.71. The maximum Gasteiger partial charge on any atom is 0.123 e. The van der Waals surface area contributed by atoms with Crippen LogP contribution in [-0.2, 0) is 6.42 Å². The van der Waals surface area contributed by atoms with Gasteiger partial charge < -0.3 is 9.64 Å². The van der Waals surface area contributed by atoms with E-state index in [9.17, 15) is 0 Å². The minimum absolute atomic E-state index is 0.487. The summed E-state index contributed by atoms with van der Waals surface area (Å²) in [5.74, 6) is 1.03. The van der Waals surface area contributed by atoms with E-state index in [-0.39, 0.29) is 0 Å². The van der Waals surface area contributed by atoms with Crippen molar-refractivity contribution in [2.24, 2.45) is 0 Å². The number of likely N-dealkylation sites (N-methyl/N-ethyl adjacent to an activating group) is 1. The van der Waals surface area contributed by atoms with Gasteiger partial charge in [-0.1, -0.05) is 22.0 Å². The van der Waals surface area contributed by atoms with Gasteiger partial charge in [-0.3, -0.25) is 0 Å². The molecule has 1 aliphatic rings. The Morgan fingerprint density at radius 1 is 1.43 bits per heavy atom. The van der Waals surface area contributed by atoms with Gasteiger partial charge in [0.25, 0.3) is 0 Å². The van der Waals surface area contributed by atoms with E-state index < -0.39 is 0 Å². The van der Waals surface area contributed by atoms with Crippen LogP contribution in [0.25, 0.3) is 0 Å². The quantitative estimate of drug-likeness (QED) is 0.764. The van der Waals surface area contributed by atoms with Gasteiger partial charge in [-0.05, 0) is 32.6 Å². The topological polar surface area (TPSA) is 12.5 Å². The zero-order valence-electron chi connectivity index (χ0n) is 8.46. The van der Waals surface area contributed by atoms with Crippen LogP contribution in [0, 0.1) is 0 Å². The van der Waals surface area contributed by atoms with Crippen LogP contribution in [0.1, 0.15) is 5.56 Å². The predicted octanol–water partition coefficient (Wildman–Crippen LogP) is 2.31. The van der Waals surface area contributed by atoms with Crippen molar-refractivity contribution in [3.05, 3.63) is 28.2 Å². The van der Waals surface area contributed by atoms with Gasteiger partial charge in [0.1, 0.15) is 12.4 Å². The molecule has 0 aliphatic carbocycles. The van der Waals surface area contributed by atoms with E-state index in [0.29, 0.717) is 6.04 Å². The number of ether oxygens (including phenoxy) is 1. The molecule has 0 saturated carbocycles. The van der Waals surface area contributed by atoms with Crippen LogP contribution < -0.4 is 4.74 Å². The lowest BCUT2D eigenvalue weighted by molar-refractivity contribution is 0.164. The molecule has 0 fully saturated rings. The minimum atomic E-state index is 0.487. The summed E-state index contributed by atoms with van der Waals surface area (Å²) >= 11 is 3.56. The highest BCUT2D eigenvalue weighted by Crippen LogP contribution is 2.31. The molecule has 76 valence electrons. The molecule has 0 N–H and O–H groups in total. The van der Waals surface area contributed by atoms with Gasteiger partial charge in [0.2, 0.25) is 0 Å². The Morgan fingerprint density at radius 2 is 2.21 bits per heavy atom. The Morgan fingerprint density at radius 3 is 2.93 bits per heavy atom. The fraction of sp³-hybridized carbons (Fsp3) is 0.455. The molecule has 1 atom stereocenters. The first-order valence-electron chi connectivity index (χ1n) is 4.75. The van der Waals surface area contributed by atoms with Crippen LogP contribution in [0.2, 0.25) is 0 Å². The highest BCUT2D eigenvalue weighted by Gasteiger charge is 2.22. The SMILES string of the molecule is CN(C)C1COc2cccc(Br)c2C1. The van der Waals surface area contributed by atoms with E-state index in [1.165, 1.54) is 5.56 Å². The number of benzene rings is 1. The standard InChI is InChI=1S/C11H14BrNO/c1-13(2)8-6-9-10(12)4-3-5-11(9)14-7-8/h3-5,8H,6-7H2,1-2H3. The molecular weight excluding hydrogens is 242 g/mol. The van der Waals surface area contributed by atoms with Gasteiger partial charge in [0.05, 0.1) is 0 Å². The second kappa shape index (κ2) is 3.91. The van der Waals surface area contributed by atoms with Crippen LogP contribution in [0.15, 0.2) is 22.7 Å². The average Bonchev–Trinajstić information content (AvgIpc) is 2.18. The largest absolute Gasteiger partial charge is 0.492 e. The first-order valence-corrected chi connectivity index (χ1v) is 5.54. The zero-order chi connectivity index (χ0) is 10.1. The van der Waals surface area contributed by atoms with Gasteiger partial charge in [-0.2, -0.15) is 0 Å². The van der Waals surface area contributed by atoms with Crippen LogP contribution in [-0.4, -0.2) is 31.6 Å². The normalized spacial score (nSPS) is 20.4. The Hall–Kier alpha value is -0.540. The second-order valence-electron chi connectivity index (χ2n) is 3.85. The number of fused-ring (bicyclic) bond motifs is 1. The summed E-state index contributed by atoms with van der Waals surface area (Å²) < 4.78 is 6.86. The first-order chi connectivity index (χ1) is 6.68. The molecule has 14 heavy (non-hydrogen) atoms. The summed E-state index contributed by atoms with van der Waals surface area (Å²) in [4.78, 5) is 2.21. The third-order valence-corrected chi connectivity index (χ3v) is 3.42.